The first-order chi connectivity index (χ1) is 51.0. The second kappa shape index (κ2) is 78.7. The van der Waals surface area contributed by atoms with Crippen LogP contribution >= 0.6 is 15.6 Å². The average molecular weight is 1540 g/mol. The van der Waals surface area contributed by atoms with Gasteiger partial charge >= 0.3 is 39.5 Å². The Labute approximate surface area is 645 Å². The molecule has 5 atom stereocenters. The molecule has 2 unspecified atom stereocenters. The third-order valence-corrected chi connectivity index (χ3v) is 22.2. The number of aliphatic hydroxyl groups excluding tert-OH is 1. The summed E-state index contributed by atoms with van der Waals surface area (Å²) in [4.78, 5) is 73.2. The number of hydrogen-bond acceptors (Lipinski definition) is 15. The van der Waals surface area contributed by atoms with Gasteiger partial charge < -0.3 is 33.8 Å². The van der Waals surface area contributed by atoms with Gasteiger partial charge in [0.2, 0.25) is 0 Å². The van der Waals surface area contributed by atoms with Crippen LogP contribution < -0.4 is 0 Å². The first-order valence-corrected chi connectivity index (χ1v) is 47.6. The van der Waals surface area contributed by atoms with Gasteiger partial charge in [0.25, 0.3) is 0 Å². The highest BCUT2D eigenvalue weighted by Crippen LogP contribution is 2.45. The zero-order valence-corrected chi connectivity index (χ0v) is 70.7. The third kappa shape index (κ3) is 79.9. The predicted octanol–water partition coefficient (Wildman–Crippen LogP) is 26.4. The number of rotatable bonds is 86. The second-order valence-electron chi connectivity index (χ2n) is 31.4. The lowest BCUT2D eigenvalue weighted by Gasteiger charge is -2.21. The third-order valence-electron chi connectivity index (χ3n) is 20.3. The maximum absolute atomic E-state index is 13.1. The molecule has 105 heavy (non-hydrogen) atoms. The lowest BCUT2D eigenvalue weighted by Crippen LogP contribution is -2.30. The van der Waals surface area contributed by atoms with Crippen LogP contribution in [0.15, 0.2) is 0 Å². The van der Waals surface area contributed by atoms with Gasteiger partial charge in [-0.25, -0.2) is 9.13 Å². The van der Waals surface area contributed by atoms with E-state index in [1.54, 1.807) is 0 Å². The van der Waals surface area contributed by atoms with Crippen molar-refractivity contribution in [2.24, 2.45) is 5.92 Å². The highest BCUT2D eigenvalue weighted by Gasteiger charge is 2.30. The Balaban J connectivity index is 5.23. The molecule has 3 N–H and O–H groups in total. The molecular formula is C86H168O17P2. The van der Waals surface area contributed by atoms with Gasteiger partial charge in [-0.05, 0) is 31.6 Å². The Morgan fingerprint density at radius 1 is 0.257 bits per heavy atom. The van der Waals surface area contributed by atoms with Crippen LogP contribution in [-0.2, 0) is 65.4 Å². The van der Waals surface area contributed by atoms with Crippen molar-refractivity contribution in [2.75, 3.05) is 39.6 Å². The molecule has 0 amide bonds. The number of esters is 4. The summed E-state index contributed by atoms with van der Waals surface area (Å²) in [5.74, 6) is -1.31. The van der Waals surface area contributed by atoms with Crippen LogP contribution in [0, 0.1) is 5.92 Å². The molecule has 0 fully saturated rings. The summed E-state index contributed by atoms with van der Waals surface area (Å²) in [5.41, 5.74) is 0. The molecule has 0 rings (SSSR count). The lowest BCUT2D eigenvalue weighted by molar-refractivity contribution is -0.161. The van der Waals surface area contributed by atoms with E-state index in [4.69, 9.17) is 37.0 Å². The van der Waals surface area contributed by atoms with Crippen LogP contribution in [0.3, 0.4) is 0 Å². The van der Waals surface area contributed by atoms with Crippen LogP contribution in [0.5, 0.6) is 0 Å². The van der Waals surface area contributed by atoms with Gasteiger partial charge in [0.1, 0.15) is 19.3 Å². The molecule has 0 aromatic rings. The van der Waals surface area contributed by atoms with Crippen molar-refractivity contribution in [2.45, 2.75) is 483 Å². The minimum Gasteiger partial charge on any atom is -0.462 e. The summed E-state index contributed by atoms with van der Waals surface area (Å²) in [6.07, 6.45) is 72.2. The number of hydrogen-bond donors (Lipinski definition) is 3. The molecule has 0 aliphatic heterocycles. The number of ether oxygens (including phenoxy) is 4. The highest BCUT2D eigenvalue weighted by atomic mass is 31.2. The van der Waals surface area contributed by atoms with Crippen molar-refractivity contribution >= 4 is 39.5 Å². The molecular weight excluding hydrogens is 1370 g/mol. The van der Waals surface area contributed by atoms with Crippen LogP contribution in [0.2, 0.25) is 0 Å². The van der Waals surface area contributed by atoms with Crippen molar-refractivity contribution in [3.8, 4) is 0 Å². The SMILES string of the molecule is CCCCCCCCCCCCCCCCCCCCCCCC(=O)O[C@H](COC(=O)CCCCCCCCCCCCCCCCCCC)COP(=O)(O)OC[C@@H](O)COP(=O)(O)OC[C@@H](COC(=O)CCCCCCCCCCCCC)OC(=O)CCCCCCCCCCCCCCCC(C)C. The van der Waals surface area contributed by atoms with Gasteiger partial charge in [0.05, 0.1) is 26.4 Å². The summed E-state index contributed by atoms with van der Waals surface area (Å²) in [6.45, 7) is 7.38. The smallest absolute Gasteiger partial charge is 0.462 e. The van der Waals surface area contributed by atoms with Crippen molar-refractivity contribution in [1.82, 2.24) is 0 Å². The monoisotopic (exact) mass is 1540 g/mol. The summed E-state index contributed by atoms with van der Waals surface area (Å²) in [6, 6.07) is 0. The van der Waals surface area contributed by atoms with Gasteiger partial charge in [-0.2, -0.15) is 0 Å². The number of phosphoric ester groups is 2. The Morgan fingerprint density at radius 2 is 0.438 bits per heavy atom. The first-order valence-electron chi connectivity index (χ1n) is 44.6. The summed E-state index contributed by atoms with van der Waals surface area (Å²) in [7, 11) is -9.93. The Kier molecular flexibility index (Phi) is 77.3. The number of unbranched alkanes of at least 4 members (excludes halogenated alkanes) is 58. The Bertz CT molecular complexity index is 2000. The molecule has 0 radical (unpaired) electrons. The molecule has 0 aromatic heterocycles. The van der Waals surface area contributed by atoms with Gasteiger partial charge in [0.15, 0.2) is 12.2 Å². The van der Waals surface area contributed by atoms with Crippen molar-refractivity contribution in [3.63, 3.8) is 0 Å². The van der Waals surface area contributed by atoms with Crippen LogP contribution in [0.4, 0.5) is 0 Å². The average Bonchev–Trinajstić information content (AvgIpc) is 0.945. The number of carbonyl (C=O) groups excluding carboxylic acids is 4. The largest absolute Gasteiger partial charge is 0.472 e. The molecule has 0 spiro atoms. The molecule has 0 heterocycles. The normalized spacial score (nSPS) is 13.8. The van der Waals surface area contributed by atoms with Gasteiger partial charge in [-0.15, -0.1) is 0 Å². The minimum absolute atomic E-state index is 0.108. The Hall–Kier alpha value is -1.94. The van der Waals surface area contributed by atoms with E-state index in [1.165, 1.54) is 289 Å². The van der Waals surface area contributed by atoms with Crippen LogP contribution in [0.25, 0.3) is 0 Å². The van der Waals surface area contributed by atoms with Crippen LogP contribution in [0.1, 0.15) is 465 Å². The molecule has 0 bridgehead atoms. The standard InChI is InChI=1S/C86H168O17P2/c1-6-9-12-15-18-21-24-26-28-30-31-32-33-35-37-41-46-51-56-61-66-71-85(90)103-82(76-97-84(89)70-65-60-55-50-45-40-36-34-29-27-25-22-19-16-13-10-7-2)78-101-105(94,95)99-74-80(87)73-98-104(92,93)100-77-81(75-96-83(88)69-64-59-54-49-43-23-20-17-14-11-8-3)102-86(91)72-67-62-57-52-47-42-38-39-44-48-53-58-63-68-79(4)5/h79-82,87H,6-78H2,1-5H3,(H,92,93)(H,94,95)/t80-,81+,82+/m0/s1. The van der Waals surface area contributed by atoms with Crippen molar-refractivity contribution < 1.29 is 80.2 Å². The summed E-state index contributed by atoms with van der Waals surface area (Å²) in [5, 5.41) is 10.7. The van der Waals surface area contributed by atoms with Gasteiger partial charge in [-0.1, -0.05) is 413 Å². The molecule has 0 aliphatic rings. The van der Waals surface area contributed by atoms with E-state index in [-0.39, 0.29) is 25.7 Å². The second-order valence-corrected chi connectivity index (χ2v) is 34.3. The fraction of sp³-hybridized carbons (Fsp3) is 0.953. The lowest BCUT2D eigenvalue weighted by atomic mass is 10.0. The molecule has 17 nitrogen and oxygen atoms in total. The van der Waals surface area contributed by atoms with E-state index in [0.717, 1.165) is 95.8 Å². The van der Waals surface area contributed by atoms with E-state index >= 15 is 0 Å². The van der Waals surface area contributed by atoms with Crippen LogP contribution in [-0.4, -0.2) is 96.7 Å². The van der Waals surface area contributed by atoms with E-state index < -0.39 is 97.5 Å². The minimum atomic E-state index is -4.97. The zero-order chi connectivity index (χ0) is 76.9. The molecule has 0 aliphatic carbocycles. The predicted molar refractivity (Wildman–Crippen MR) is 432 cm³/mol. The van der Waals surface area contributed by atoms with Crippen molar-refractivity contribution in [1.29, 1.82) is 0 Å². The number of phosphoric acid groups is 2. The molecule has 0 saturated heterocycles. The topological polar surface area (TPSA) is 237 Å². The molecule has 0 aromatic carbocycles. The summed E-state index contributed by atoms with van der Waals surface area (Å²) >= 11 is 0. The number of carbonyl (C=O) groups is 4. The maximum atomic E-state index is 13.1. The Morgan fingerprint density at radius 3 is 0.648 bits per heavy atom. The zero-order valence-electron chi connectivity index (χ0n) is 68.9. The van der Waals surface area contributed by atoms with E-state index in [1.807, 2.05) is 0 Å². The first kappa shape index (κ1) is 103. The van der Waals surface area contributed by atoms with E-state index in [0.29, 0.717) is 25.7 Å². The fourth-order valence-corrected chi connectivity index (χ4v) is 15.1. The fourth-order valence-electron chi connectivity index (χ4n) is 13.5. The van der Waals surface area contributed by atoms with Gasteiger partial charge in [0, 0.05) is 25.7 Å². The van der Waals surface area contributed by atoms with E-state index in [2.05, 4.69) is 34.6 Å². The molecule has 0 saturated carbocycles. The summed E-state index contributed by atoms with van der Waals surface area (Å²) < 4.78 is 68.9. The van der Waals surface area contributed by atoms with Crippen molar-refractivity contribution in [3.05, 3.63) is 0 Å². The van der Waals surface area contributed by atoms with Gasteiger partial charge in [-0.3, -0.25) is 37.3 Å². The molecule has 19 heteroatoms. The molecule has 624 valence electrons. The van der Waals surface area contributed by atoms with E-state index in [9.17, 15) is 43.2 Å². The highest BCUT2D eigenvalue weighted by molar-refractivity contribution is 7.47. The quantitative estimate of drug-likeness (QED) is 0.0222. The number of aliphatic hydroxyl groups is 1. The maximum Gasteiger partial charge on any atom is 0.472 e.